The molecule has 5 nitrogen and oxygen atoms in total. The van der Waals surface area contributed by atoms with E-state index in [4.69, 9.17) is 28.9 Å². The minimum Gasteiger partial charge on any atom is -0.384 e. The number of nitrogens with zero attached hydrogens (tertiary/aromatic N) is 3. The van der Waals surface area contributed by atoms with E-state index in [1.54, 1.807) is 12.1 Å². The first kappa shape index (κ1) is 17.7. The Kier molecular flexibility index (Phi) is 5.27. The van der Waals surface area contributed by atoms with Gasteiger partial charge in [-0.2, -0.15) is 0 Å². The summed E-state index contributed by atoms with van der Waals surface area (Å²) < 4.78 is 0. The second-order valence-electron chi connectivity index (χ2n) is 6.02. The number of aromatic nitrogens is 2. The lowest BCUT2D eigenvalue weighted by atomic mass is 10.2. The zero-order valence-corrected chi connectivity index (χ0v) is 15.6. The van der Waals surface area contributed by atoms with Crippen LogP contribution in [0, 0.1) is 0 Å². The van der Waals surface area contributed by atoms with Gasteiger partial charge in [-0.05, 0) is 50.5 Å². The number of H-pyrrole nitrogens is 1. The van der Waals surface area contributed by atoms with Gasteiger partial charge in [-0.1, -0.05) is 23.2 Å². The van der Waals surface area contributed by atoms with Gasteiger partial charge in [0, 0.05) is 17.7 Å². The van der Waals surface area contributed by atoms with Crippen molar-refractivity contribution in [2.24, 2.45) is 10.7 Å². The van der Waals surface area contributed by atoms with Crippen LogP contribution in [0.5, 0.6) is 0 Å². The first-order valence-electron chi connectivity index (χ1n) is 7.84. The molecule has 0 atom stereocenters. The molecule has 0 aliphatic heterocycles. The lowest BCUT2D eigenvalue weighted by Gasteiger charge is -2.07. The number of aromatic amines is 1. The molecule has 0 unspecified atom stereocenters. The molecule has 0 bridgehead atoms. The summed E-state index contributed by atoms with van der Waals surface area (Å²) in [5.74, 6) is 1.25. The van der Waals surface area contributed by atoms with Gasteiger partial charge in [-0.15, -0.1) is 0 Å². The molecule has 2 aromatic carbocycles. The van der Waals surface area contributed by atoms with Crippen molar-refractivity contribution in [3.63, 3.8) is 0 Å². The predicted octanol–water partition coefficient (Wildman–Crippen LogP) is 3.80. The molecule has 130 valence electrons. The molecule has 0 saturated heterocycles. The highest BCUT2D eigenvalue weighted by Crippen LogP contribution is 2.28. The van der Waals surface area contributed by atoms with Gasteiger partial charge < -0.3 is 15.6 Å². The maximum Gasteiger partial charge on any atom is 0.138 e. The van der Waals surface area contributed by atoms with E-state index in [2.05, 4.69) is 19.9 Å². The fourth-order valence-electron chi connectivity index (χ4n) is 2.41. The topological polar surface area (TPSA) is 70.3 Å². The number of halogens is 2. The Morgan fingerprint density at radius 1 is 1.16 bits per heavy atom. The quantitative estimate of drug-likeness (QED) is 0.526. The molecule has 1 aromatic heterocycles. The molecule has 1 heterocycles. The summed E-state index contributed by atoms with van der Waals surface area (Å²) in [6.45, 7) is 1.52. The number of likely N-dealkylation sites (N-methyl/N-ethyl adjacent to an activating group) is 1. The van der Waals surface area contributed by atoms with Crippen LogP contribution in [-0.4, -0.2) is 47.9 Å². The van der Waals surface area contributed by atoms with Gasteiger partial charge in [0.2, 0.25) is 0 Å². The monoisotopic (exact) mass is 375 g/mol. The average molecular weight is 376 g/mol. The van der Waals surface area contributed by atoms with Gasteiger partial charge in [0.25, 0.3) is 0 Å². The molecular formula is C18H19Cl2N5. The van der Waals surface area contributed by atoms with Crippen molar-refractivity contribution in [3.8, 4) is 11.4 Å². The number of hydrogen-bond acceptors (Lipinski definition) is 3. The molecule has 25 heavy (non-hydrogen) atoms. The van der Waals surface area contributed by atoms with Crippen molar-refractivity contribution < 1.29 is 0 Å². The Balaban J connectivity index is 1.90. The number of amidine groups is 1. The fraction of sp³-hybridized carbons (Fsp3) is 0.222. The lowest BCUT2D eigenvalue weighted by Crippen LogP contribution is -2.19. The average Bonchev–Trinajstić information content (AvgIpc) is 3.00. The van der Waals surface area contributed by atoms with Gasteiger partial charge >= 0.3 is 0 Å². The van der Waals surface area contributed by atoms with Gasteiger partial charge in [0.15, 0.2) is 0 Å². The summed E-state index contributed by atoms with van der Waals surface area (Å²) in [5, 5.41) is 1.02. The molecule has 0 fully saturated rings. The molecule has 0 radical (unpaired) electrons. The van der Waals surface area contributed by atoms with Gasteiger partial charge in [0.1, 0.15) is 11.7 Å². The number of imidazole rings is 1. The van der Waals surface area contributed by atoms with E-state index in [0.29, 0.717) is 22.4 Å². The number of rotatable bonds is 5. The summed E-state index contributed by atoms with van der Waals surface area (Å²) >= 11 is 12.1. The van der Waals surface area contributed by atoms with E-state index in [1.165, 1.54) is 0 Å². The summed E-state index contributed by atoms with van der Waals surface area (Å²) in [5.41, 5.74) is 9.58. The highest BCUT2D eigenvalue weighted by molar-refractivity contribution is 6.42. The van der Waals surface area contributed by atoms with Crippen molar-refractivity contribution in [3.05, 3.63) is 52.0 Å². The van der Waals surface area contributed by atoms with Crippen LogP contribution in [0.4, 0.5) is 0 Å². The molecular weight excluding hydrogens is 357 g/mol. The highest BCUT2D eigenvalue weighted by atomic mass is 35.5. The Morgan fingerprint density at radius 2 is 1.96 bits per heavy atom. The molecule has 0 spiro atoms. The summed E-state index contributed by atoms with van der Waals surface area (Å²) in [6, 6.07) is 11.2. The van der Waals surface area contributed by atoms with E-state index in [-0.39, 0.29) is 0 Å². The zero-order valence-electron chi connectivity index (χ0n) is 14.1. The summed E-state index contributed by atoms with van der Waals surface area (Å²) in [7, 11) is 4.01. The molecule has 0 amide bonds. The van der Waals surface area contributed by atoms with Gasteiger partial charge in [-0.3, -0.25) is 4.99 Å². The largest absolute Gasteiger partial charge is 0.384 e. The van der Waals surface area contributed by atoms with Crippen LogP contribution in [0.25, 0.3) is 22.4 Å². The van der Waals surface area contributed by atoms with Crippen LogP contribution < -0.4 is 5.73 Å². The summed E-state index contributed by atoms with van der Waals surface area (Å²) in [4.78, 5) is 14.4. The molecule has 3 N–H and O–H groups in total. The van der Waals surface area contributed by atoms with E-state index in [9.17, 15) is 0 Å². The number of hydrogen-bond donors (Lipinski definition) is 2. The molecule has 3 aromatic rings. The second kappa shape index (κ2) is 7.44. The zero-order chi connectivity index (χ0) is 18.0. The third kappa shape index (κ3) is 4.12. The summed E-state index contributed by atoms with van der Waals surface area (Å²) in [6.07, 6.45) is 0. The van der Waals surface area contributed by atoms with Crippen LogP contribution in [-0.2, 0) is 0 Å². The molecule has 0 aliphatic rings. The van der Waals surface area contributed by atoms with Crippen LogP contribution >= 0.6 is 23.2 Å². The minimum absolute atomic E-state index is 0.498. The van der Waals surface area contributed by atoms with Crippen molar-refractivity contribution >= 4 is 40.1 Å². The molecule has 3 rings (SSSR count). The first-order chi connectivity index (χ1) is 11.9. The van der Waals surface area contributed by atoms with Crippen LogP contribution in [0.15, 0.2) is 41.4 Å². The molecule has 0 aliphatic carbocycles. The maximum absolute atomic E-state index is 6.09. The van der Waals surface area contributed by atoms with Crippen LogP contribution in [0.2, 0.25) is 10.0 Å². The van der Waals surface area contributed by atoms with Crippen molar-refractivity contribution in [1.29, 1.82) is 0 Å². The van der Waals surface area contributed by atoms with E-state index in [0.717, 1.165) is 34.5 Å². The third-order valence-corrected chi connectivity index (χ3v) is 4.54. The Morgan fingerprint density at radius 3 is 2.68 bits per heavy atom. The standard InChI is InChI=1S/C18H19Cl2N5/c1-25(2)8-7-22-17(21)11-4-6-15-16(10-11)24-18(23-15)12-3-5-13(19)14(20)9-12/h3-6,9-10H,7-8H2,1-2H3,(H2,21,22)(H,23,24). The number of fused-ring (bicyclic) bond motifs is 1. The van der Waals surface area contributed by atoms with Crippen molar-refractivity contribution in [1.82, 2.24) is 14.9 Å². The van der Waals surface area contributed by atoms with E-state index >= 15 is 0 Å². The number of nitrogens with two attached hydrogens (primary N) is 1. The van der Waals surface area contributed by atoms with Gasteiger partial charge in [-0.25, -0.2) is 4.98 Å². The predicted molar refractivity (Wildman–Crippen MR) is 106 cm³/mol. The second-order valence-corrected chi connectivity index (χ2v) is 6.83. The Hall–Kier alpha value is -2.08. The van der Waals surface area contributed by atoms with Crippen LogP contribution in [0.1, 0.15) is 5.56 Å². The first-order valence-corrected chi connectivity index (χ1v) is 8.60. The van der Waals surface area contributed by atoms with Crippen molar-refractivity contribution in [2.75, 3.05) is 27.2 Å². The SMILES string of the molecule is CN(C)CCN=C(N)c1ccc2nc(-c3ccc(Cl)c(Cl)c3)[nH]c2c1. The molecule has 7 heteroatoms. The number of benzene rings is 2. The Labute approximate surface area is 156 Å². The van der Waals surface area contributed by atoms with E-state index < -0.39 is 0 Å². The van der Waals surface area contributed by atoms with E-state index in [1.807, 2.05) is 38.4 Å². The van der Waals surface area contributed by atoms with Crippen molar-refractivity contribution in [2.45, 2.75) is 0 Å². The number of aliphatic imine (C=N–C) groups is 1. The highest BCUT2D eigenvalue weighted by Gasteiger charge is 2.09. The van der Waals surface area contributed by atoms with Gasteiger partial charge in [0.05, 0.1) is 27.6 Å². The fourth-order valence-corrected chi connectivity index (χ4v) is 2.71. The number of nitrogens with one attached hydrogen (secondary N) is 1. The normalized spacial score (nSPS) is 12.3. The van der Waals surface area contributed by atoms with Crippen LogP contribution in [0.3, 0.4) is 0 Å². The third-order valence-electron chi connectivity index (χ3n) is 3.80. The molecule has 0 saturated carbocycles. The lowest BCUT2D eigenvalue weighted by molar-refractivity contribution is 0.420. The maximum atomic E-state index is 6.09. The minimum atomic E-state index is 0.498. The smallest absolute Gasteiger partial charge is 0.138 e. The Bertz CT molecular complexity index is 930.